The van der Waals surface area contributed by atoms with Gasteiger partial charge in [0, 0.05) is 27.8 Å². The Morgan fingerprint density at radius 1 is 1.30 bits per heavy atom. The summed E-state index contributed by atoms with van der Waals surface area (Å²) in [7, 11) is 0. The van der Waals surface area contributed by atoms with Crippen LogP contribution in [0, 0.1) is 0 Å². The van der Waals surface area contributed by atoms with Crippen molar-refractivity contribution in [3.63, 3.8) is 0 Å². The van der Waals surface area contributed by atoms with Crippen LogP contribution in [-0.4, -0.2) is 25.3 Å². The lowest BCUT2D eigenvalue weighted by molar-refractivity contribution is -0.141. The molecule has 0 amide bonds. The highest BCUT2D eigenvalue weighted by Crippen LogP contribution is 2.32. The van der Waals surface area contributed by atoms with E-state index in [1.165, 1.54) is 6.20 Å². The second-order valence-corrected chi connectivity index (χ2v) is 6.80. The number of alkyl halides is 3. The normalized spacial score (nSPS) is 12.0. The minimum atomic E-state index is -4.49. The second-order valence-electron chi connectivity index (χ2n) is 4.58. The molecule has 120 valence electrons. The van der Waals surface area contributed by atoms with E-state index in [1.54, 1.807) is 24.0 Å². The number of rotatable bonds is 3. The molecule has 4 nitrogen and oxygen atoms in total. The number of halogens is 4. The molecule has 0 N–H and O–H groups in total. The van der Waals surface area contributed by atoms with Gasteiger partial charge >= 0.3 is 6.18 Å². The number of pyridine rings is 1. The summed E-state index contributed by atoms with van der Waals surface area (Å²) in [6, 6.07) is 4.45. The summed E-state index contributed by atoms with van der Waals surface area (Å²) in [6.45, 7) is 2.01. The molecule has 0 saturated heterocycles. The van der Waals surface area contributed by atoms with Gasteiger partial charge < -0.3 is 0 Å². The van der Waals surface area contributed by atoms with Crippen LogP contribution in [0.2, 0.25) is 0 Å². The third-order valence-corrected chi connectivity index (χ3v) is 4.32. The maximum Gasteiger partial charge on any atom is 0.435 e. The Bertz CT molecular complexity index is 863. The van der Waals surface area contributed by atoms with Gasteiger partial charge in [0.25, 0.3) is 0 Å². The zero-order valence-electron chi connectivity index (χ0n) is 11.8. The lowest BCUT2D eigenvalue weighted by atomic mass is 10.2. The minimum absolute atomic E-state index is 0.131. The number of fused-ring (bicyclic) bond motifs is 1. The summed E-state index contributed by atoms with van der Waals surface area (Å²) in [5.41, 5.74) is 0.313. The lowest BCUT2D eigenvalue weighted by Crippen LogP contribution is -2.05. The average Bonchev–Trinajstić information content (AvgIpc) is 2.91. The zero-order chi connectivity index (χ0) is 16.6. The van der Waals surface area contributed by atoms with Crippen molar-refractivity contribution in [3.05, 3.63) is 40.8 Å². The Hall–Kier alpha value is -1.61. The van der Waals surface area contributed by atoms with Crippen molar-refractivity contribution in [1.82, 2.24) is 19.6 Å². The predicted molar refractivity (Wildman–Crippen MR) is 85.3 cm³/mol. The van der Waals surface area contributed by atoms with Crippen molar-refractivity contribution in [2.75, 3.05) is 5.75 Å². The highest BCUT2D eigenvalue weighted by molar-refractivity contribution is 9.10. The molecule has 23 heavy (non-hydrogen) atoms. The molecule has 0 fully saturated rings. The second kappa shape index (κ2) is 6.12. The van der Waals surface area contributed by atoms with Crippen LogP contribution in [0.25, 0.3) is 17.0 Å². The van der Waals surface area contributed by atoms with Crippen LogP contribution in [0.5, 0.6) is 0 Å². The largest absolute Gasteiger partial charge is 0.435 e. The summed E-state index contributed by atoms with van der Waals surface area (Å²) in [5, 5.41) is 3.49. The predicted octanol–water partition coefficient (Wildman–Crippen LogP) is 4.68. The molecule has 0 atom stereocenters. The molecular formula is C14H10BrF3N4S. The molecule has 0 aromatic carbocycles. The van der Waals surface area contributed by atoms with E-state index in [-0.39, 0.29) is 5.65 Å². The fourth-order valence-corrected chi connectivity index (χ4v) is 3.33. The maximum atomic E-state index is 12.7. The molecule has 3 aromatic heterocycles. The number of aromatic nitrogens is 4. The van der Waals surface area contributed by atoms with Gasteiger partial charge in [0.05, 0.1) is 5.69 Å². The van der Waals surface area contributed by atoms with Gasteiger partial charge in [0.1, 0.15) is 5.69 Å². The van der Waals surface area contributed by atoms with Crippen LogP contribution in [0.1, 0.15) is 12.6 Å². The van der Waals surface area contributed by atoms with Crippen LogP contribution >= 0.6 is 27.7 Å². The maximum absolute atomic E-state index is 12.7. The molecular weight excluding hydrogens is 393 g/mol. The first kappa shape index (κ1) is 16.3. The van der Waals surface area contributed by atoms with Crippen molar-refractivity contribution in [2.24, 2.45) is 0 Å². The number of nitrogens with zero attached hydrogens (tertiary/aromatic N) is 4. The Morgan fingerprint density at radius 3 is 2.78 bits per heavy atom. The van der Waals surface area contributed by atoms with E-state index >= 15 is 0 Å². The molecule has 3 rings (SSSR count). The summed E-state index contributed by atoms with van der Waals surface area (Å²) >= 11 is 4.96. The molecule has 0 unspecified atom stereocenters. The fraction of sp³-hybridized carbons (Fsp3) is 0.214. The molecule has 0 radical (unpaired) electrons. The summed E-state index contributed by atoms with van der Waals surface area (Å²) < 4.78 is 40.1. The van der Waals surface area contributed by atoms with Crippen LogP contribution in [0.3, 0.4) is 0 Å². The van der Waals surface area contributed by atoms with Gasteiger partial charge in [-0.1, -0.05) is 6.92 Å². The van der Waals surface area contributed by atoms with Crippen LogP contribution < -0.4 is 0 Å². The minimum Gasteiger partial charge on any atom is -0.252 e. The smallest absolute Gasteiger partial charge is 0.252 e. The van der Waals surface area contributed by atoms with Gasteiger partial charge in [-0.2, -0.15) is 18.3 Å². The Balaban J connectivity index is 2.10. The Morgan fingerprint density at radius 2 is 2.09 bits per heavy atom. The molecule has 0 spiro atoms. The van der Waals surface area contributed by atoms with Crippen molar-refractivity contribution in [3.8, 4) is 11.4 Å². The van der Waals surface area contributed by atoms with Gasteiger partial charge in [-0.3, -0.25) is 4.98 Å². The third kappa shape index (κ3) is 3.35. The zero-order valence-corrected chi connectivity index (χ0v) is 14.2. The highest BCUT2D eigenvalue weighted by Gasteiger charge is 2.34. The first-order chi connectivity index (χ1) is 10.9. The molecule has 0 aliphatic heterocycles. The molecule has 0 saturated carbocycles. The monoisotopic (exact) mass is 402 g/mol. The molecule has 0 aliphatic rings. The lowest BCUT2D eigenvalue weighted by Gasteiger charge is -2.07. The summed E-state index contributed by atoms with van der Waals surface area (Å²) in [5.74, 6) is 0.846. The fourth-order valence-electron chi connectivity index (χ4n) is 2.03. The van der Waals surface area contributed by atoms with Crippen molar-refractivity contribution < 1.29 is 13.2 Å². The summed E-state index contributed by atoms with van der Waals surface area (Å²) in [6.07, 6.45) is -1.40. The Labute approximate surface area is 142 Å². The molecule has 3 heterocycles. The van der Waals surface area contributed by atoms with Gasteiger partial charge in [-0.05, 0) is 33.8 Å². The van der Waals surface area contributed by atoms with Crippen LogP contribution in [-0.2, 0) is 6.18 Å². The number of hydrogen-bond donors (Lipinski definition) is 0. The van der Waals surface area contributed by atoms with Crippen molar-refractivity contribution in [1.29, 1.82) is 0 Å². The standard InChI is InChI=1S/C14H10BrF3N4S/c1-2-23-10-5-8(15)7-19-13(10)9-3-4-22-12(20-9)6-11(21-22)14(16,17)18/h3-7H,2H2,1H3. The summed E-state index contributed by atoms with van der Waals surface area (Å²) in [4.78, 5) is 9.52. The van der Waals surface area contributed by atoms with Crippen molar-refractivity contribution in [2.45, 2.75) is 18.0 Å². The van der Waals surface area contributed by atoms with Gasteiger partial charge in [-0.25, -0.2) is 9.50 Å². The molecule has 9 heteroatoms. The number of thioether (sulfide) groups is 1. The van der Waals surface area contributed by atoms with Crippen LogP contribution in [0.15, 0.2) is 40.0 Å². The first-order valence-electron chi connectivity index (χ1n) is 6.61. The van der Waals surface area contributed by atoms with Gasteiger partial charge in [0.2, 0.25) is 0 Å². The van der Waals surface area contributed by atoms with Gasteiger partial charge in [-0.15, -0.1) is 11.8 Å². The van der Waals surface area contributed by atoms with Crippen molar-refractivity contribution >= 4 is 33.3 Å². The first-order valence-corrected chi connectivity index (χ1v) is 8.38. The molecule has 0 bridgehead atoms. The molecule has 0 aliphatic carbocycles. The van der Waals surface area contributed by atoms with Gasteiger partial charge in [0.15, 0.2) is 11.3 Å². The van der Waals surface area contributed by atoms with E-state index in [1.807, 2.05) is 13.0 Å². The van der Waals surface area contributed by atoms with E-state index in [0.29, 0.717) is 11.4 Å². The van der Waals surface area contributed by atoms with Crippen LogP contribution in [0.4, 0.5) is 13.2 Å². The van der Waals surface area contributed by atoms with E-state index < -0.39 is 11.9 Å². The Kier molecular flexibility index (Phi) is 4.33. The van der Waals surface area contributed by atoms with E-state index in [0.717, 1.165) is 25.7 Å². The highest BCUT2D eigenvalue weighted by atomic mass is 79.9. The van der Waals surface area contributed by atoms with E-state index in [2.05, 4.69) is 31.0 Å². The quantitative estimate of drug-likeness (QED) is 0.596. The topological polar surface area (TPSA) is 43.1 Å². The average molecular weight is 403 g/mol. The molecule has 3 aromatic rings. The third-order valence-electron chi connectivity index (χ3n) is 2.98. The van der Waals surface area contributed by atoms with E-state index in [9.17, 15) is 13.2 Å². The number of hydrogen-bond acceptors (Lipinski definition) is 4. The SMILES string of the molecule is CCSc1cc(Br)cnc1-c1ccn2nc(C(F)(F)F)cc2n1. The van der Waals surface area contributed by atoms with E-state index in [4.69, 9.17) is 0 Å².